The Morgan fingerprint density at radius 3 is 2.28 bits per heavy atom. The molecule has 0 aliphatic heterocycles. The van der Waals surface area contributed by atoms with E-state index in [4.69, 9.17) is 4.74 Å². The molecule has 5 heteroatoms. The highest BCUT2D eigenvalue weighted by molar-refractivity contribution is 5.60. The first-order valence-electron chi connectivity index (χ1n) is 5.19. The predicted octanol–water partition coefficient (Wildman–Crippen LogP) is 3.78. The van der Waals surface area contributed by atoms with Gasteiger partial charge in [-0.2, -0.15) is 13.2 Å². The molecule has 2 nitrogen and oxygen atoms in total. The fourth-order valence-electron chi connectivity index (χ4n) is 1.53. The third kappa shape index (κ3) is 2.61. The number of hydrogen-bond acceptors (Lipinski definition) is 2. The number of ether oxygens (including phenoxy) is 1. The Morgan fingerprint density at radius 2 is 1.72 bits per heavy atom. The Morgan fingerprint density at radius 1 is 1.06 bits per heavy atom. The topological polar surface area (TPSA) is 22.1 Å². The number of pyridine rings is 1. The first kappa shape index (κ1) is 12.4. The van der Waals surface area contributed by atoms with Gasteiger partial charge in [0.25, 0.3) is 0 Å². The Labute approximate surface area is 102 Å². The Kier molecular flexibility index (Phi) is 3.23. The number of hydrogen-bond donors (Lipinski definition) is 0. The van der Waals surface area contributed by atoms with Crippen molar-refractivity contribution in [2.75, 3.05) is 7.11 Å². The van der Waals surface area contributed by atoms with E-state index in [9.17, 15) is 13.2 Å². The Hall–Kier alpha value is -2.04. The van der Waals surface area contributed by atoms with Crippen LogP contribution < -0.4 is 4.74 Å². The average molecular weight is 253 g/mol. The maximum atomic E-state index is 12.7. The lowest BCUT2D eigenvalue weighted by Crippen LogP contribution is -2.06. The summed E-state index contributed by atoms with van der Waals surface area (Å²) in [5.74, 6) is -0.0521. The van der Waals surface area contributed by atoms with E-state index in [1.54, 1.807) is 30.3 Å². The molecule has 1 heterocycles. The van der Waals surface area contributed by atoms with E-state index in [2.05, 4.69) is 4.98 Å². The van der Waals surface area contributed by atoms with Crippen molar-refractivity contribution < 1.29 is 17.9 Å². The number of halogens is 3. The van der Waals surface area contributed by atoms with Crippen LogP contribution in [0.5, 0.6) is 5.88 Å². The summed E-state index contributed by atoms with van der Waals surface area (Å²) in [7, 11) is 1.29. The number of methoxy groups -OCH3 is 1. The molecule has 0 bridgehead atoms. The van der Waals surface area contributed by atoms with E-state index in [-0.39, 0.29) is 11.6 Å². The Bertz CT molecular complexity index is 538. The van der Waals surface area contributed by atoms with Crippen LogP contribution in [0.4, 0.5) is 13.2 Å². The standard InChI is InChI=1S/C13H10F3NO/c1-18-12-8-10(13(14,15)16)7-11(17-12)9-5-3-2-4-6-9/h2-8H,1H3. The molecule has 0 aliphatic rings. The van der Waals surface area contributed by atoms with Gasteiger partial charge in [-0.25, -0.2) is 4.98 Å². The van der Waals surface area contributed by atoms with Crippen molar-refractivity contribution in [2.24, 2.45) is 0 Å². The highest BCUT2D eigenvalue weighted by Gasteiger charge is 2.31. The molecule has 94 valence electrons. The molecule has 2 rings (SSSR count). The van der Waals surface area contributed by atoms with Gasteiger partial charge in [0.05, 0.1) is 18.4 Å². The van der Waals surface area contributed by atoms with E-state index in [0.29, 0.717) is 5.56 Å². The molecule has 0 radical (unpaired) electrons. The summed E-state index contributed by atoms with van der Waals surface area (Å²) in [4.78, 5) is 4.01. The molecule has 0 fully saturated rings. The quantitative estimate of drug-likeness (QED) is 0.812. The number of nitrogens with zero attached hydrogens (tertiary/aromatic N) is 1. The van der Waals surface area contributed by atoms with Crippen LogP contribution in [-0.4, -0.2) is 12.1 Å². The molecular weight excluding hydrogens is 243 g/mol. The van der Waals surface area contributed by atoms with Gasteiger partial charge < -0.3 is 4.74 Å². The smallest absolute Gasteiger partial charge is 0.416 e. The second kappa shape index (κ2) is 4.68. The van der Waals surface area contributed by atoms with Crippen LogP contribution in [0.3, 0.4) is 0 Å². The molecule has 0 unspecified atom stereocenters. The summed E-state index contributed by atoms with van der Waals surface area (Å²) in [6.07, 6.45) is -4.42. The van der Waals surface area contributed by atoms with Crippen molar-refractivity contribution >= 4 is 0 Å². The van der Waals surface area contributed by atoms with Crippen LogP contribution in [0, 0.1) is 0 Å². The van der Waals surface area contributed by atoms with Gasteiger partial charge >= 0.3 is 6.18 Å². The molecule has 0 atom stereocenters. The van der Waals surface area contributed by atoms with Crippen LogP contribution >= 0.6 is 0 Å². The summed E-state index contributed by atoms with van der Waals surface area (Å²) < 4.78 is 43.0. The van der Waals surface area contributed by atoms with E-state index in [1.807, 2.05) is 0 Å². The van der Waals surface area contributed by atoms with Gasteiger partial charge in [-0.1, -0.05) is 30.3 Å². The second-order valence-electron chi connectivity index (χ2n) is 3.65. The van der Waals surface area contributed by atoms with Crippen LogP contribution in [0.2, 0.25) is 0 Å². The Balaban J connectivity index is 2.55. The predicted molar refractivity (Wildman–Crippen MR) is 61.2 cm³/mol. The molecule has 0 N–H and O–H groups in total. The van der Waals surface area contributed by atoms with Crippen molar-refractivity contribution in [1.82, 2.24) is 4.98 Å². The van der Waals surface area contributed by atoms with Gasteiger partial charge in [0.2, 0.25) is 5.88 Å². The highest BCUT2D eigenvalue weighted by Crippen LogP contribution is 2.33. The van der Waals surface area contributed by atoms with Gasteiger partial charge in [0, 0.05) is 11.6 Å². The van der Waals surface area contributed by atoms with E-state index >= 15 is 0 Å². The molecule has 0 amide bonds. The van der Waals surface area contributed by atoms with Crippen molar-refractivity contribution in [3.63, 3.8) is 0 Å². The SMILES string of the molecule is COc1cc(C(F)(F)F)cc(-c2ccccc2)n1. The molecule has 0 saturated heterocycles. The van der Waals surface area contributed by atoms with E-state index in [1.165, 1.54) is 7.11 Å². The molecular formula is C13H10F3NO. The fourth-order valence-corrected chi connectivity index (χ4v) is 1.53. The van der Waals surface area contributed by atoms with Gasteiger partial charge in [-0.05, 0) is 6.07 Å². The molecule has 2 aromatic rings. The minimum atomic E-state index is -4.42. The minimum absolute atomic E-state index is 0.0521. The lowest BCUT2D eigenvalue weighted by Gasteiger charge is -2.10. The lowest BCUT2D eigenvalue weighted by atomic mass is 10.1. The molecule has 0 saturated carbocycles. The molecule has 0 aliphatic carbocycles. The van der Waals surface area contributed by atoms with E-state index < -0.39 is 11.7 Å². The average Bonchev–Trinajstić information content (AvgIpc) is 2.38. The zero-order chi connectivity index (χ0) is 13.2. The third-order valence-corrected chi connectivity index (χ3v) is 2.41. The summed E-state index contributed by atoms with van der Waals surface area (Å²) in [6.45, 7) is 0. The molecule has 0 spiro atoms. The third-order valence-electron chi connectivity index (χ3n) is 2.41. The van der Waals surface area contributed by atoms with Gasteiger partial charge in [0.15, 0.2) is 0 Å². The summed E-state index contributed by atoms with van der Waals surface area (Å²) in [6, 6.07) is 10.6. The van der Waals surface area contributed by atoms with E-state index in [0.717, 1.165) is 12.1 Å². The second-order valence-corrected chi connectivity index (χ2v) is 3.65. The first-order chi connectivity index (χ1) is 8.50. The molecule has 18 heavy (non-hydrogen) atoms. The van der Waals surface area contributed by atoms with Crippen LogP contribution in [-0.2, 0) is 6.18 Å². The van der Waals surface area contributed by atoms with Gasteiger partial charge in [-0.15, -0.1) is 0 Å². The monoisotopic (exact) mass is 253 g/mol. The van der Waals surface area contributed by atoms with Crippen molar-refractivity contribution in [3.8, 4) is 17.1 Å². The maximum absolute atomic E-state index is 12.7. The summed E-state index contributed by atoms with van der Waals surface area (Å²) in [5, 5.41) is 0. The van der Waals surface area contributed by atoms with Crippen LogP contribution in [0.1, 0.15) is 5.56 Å². The number of benzene rings is 1. The lowest BCUT2D eigenvalue weighted by molar-refractivity contribution is -0.137. The molecule has 1 aromatic carbocycles. The summed E-state index contributed by atoms with van der Waals surface area (Å²) >= 11 is 0. The maximum Gasteiger partial charge on any atom is 0.416 e. The van der Waals surface area contributed by atoms with Crippen molar-refractivity contribution in [2.45, 2.75) is 6.18 Å². The van der Waals surface area contributed by atoms with Crippen molar-refractivity contribution in [1.29, 1.82) is 0 Å². The number of alkyl halides is 3. The van der Waals surface area contributed by atoms with Crippen LogP contribution in [0.15, 0.2) is 42.5 Å². The summed E-state index contributed by atoms with van der Waals surface area (Å²) in [5.41, 5.74) is 0.0809. The highest BCUT2D eigenvalue weighted by atomic mass is 19.4. The first-order valence-corrected chi connectivity index (χ1v) is 5.19. The number of rotatable bonds is 2. The van der Waals surface area contributed by atoms with Gasteiger partial charge in [0.1, 0.15) is 0 Å². The molecule has 1 aromatic heterocycles. The minimum Gasteiger partial charge on any atom is -0.481 e. The van der Waals surface area contributed by atoms with Crippen LogP contribution in [0.25, 0.3) is 11.3 Å². The van der Waals surface area contributed by atoms with Gasteiger partial charge in [-0.3, -0.25) is 0 Å². The normalized spacial score (nSPS) is 11.3. The fraction of sp³-hybridized carbons (Fsp3) is 0.154. The zero-order valence-corrected chi connectivity index (χ0v) is 9.53. The largest absolute Gasteiger partial charge is 0.481 e. The zero-order valence-electron chi connectivity index (χ0n) is 9.53. The van der Waals surface area contributed by atoms with Crippen molar-refractivity contribution in [3.05, 3.63) is 48.0 Å². The number of aromatic nitrogens is 1.